The number of nitrogen functional groups attached to an aromatic ring is 1. The average Bonchev–Trinajstić information content (AvgIpc) is 2.71. The van der Waals surface area contributed by atoms with Crippen LogP contribution in [0.5, 0.6) is 11.6 Å². The van der Waals surface area contributed by atoms with Gasteiger partial charge in [0.05, 0.1) is 18.1 Å². The van der Waals surface area contributed by atoms with Crippen LogP contribution < -0.4 is 10.5 Å². The van der Waals surface area contributed by atoms with E-state index in [1.54, 1.807) is 18.5 Å². The molecule has 0 spiro atoms. The maximum absolute atomic E-state index is 5.79. The van der Waals surface area contributed by atoms with Gasteiger partial charge in [-0.1, -0.05) is 0 Å². The van der Waals surface area contributed by atoms with Gasteiger partial charge in [0.2, 0.25) is 5.88 Å². The number of nitrogens with zero attached hydrogens (tertiary/aromatic N) is 3. The summed E-state index contributed by atoms with van der Waals surface area (Å²) in [7, 11) is 0. The number of aromatic nitrogens is 3. The zero-order valence-corrected chi connectivity index (χ0v) is 11.2. The molecule has 17 heavy (non-hydrogen) atoms. The highest BCUT2D eigenvalue weighted by Gasteiger charge is 2.07. The van der Waals surface area contributed by atoms with Gasteiger partial charge in [0, 0.05) is 16.7 Å². The number of rotatable bonds is 3. The summed E-state index contributed by atoms with van der Waals surface area (Å²) in [5.41, 5.74) is 6.27. The number of hydrogen-bond acceptors (Lipinski definition) is 4. The summed E-state index contributed by atoms with van der Waals surface area (Å²) in [6.45, 7) is 4.09. The Balaban J connectivity index is 2.19. The van der Waals surface area contributed by atoms with Crippen molar-refractivity contribution in [2.45, 2.75) is 19.9 Å². The molecule has 90 valence electrons. The molecule has 0 aliphatic heterocycles. The molecule has 0 aliphatic rings. The van der Waals surface area contributed by atoms with Crippen molar-refractivity contribution in [1.82, 2.24) is 14.8 Å². The molecule has 0 radical (unpaired) electrons. The Morgan fingerprint density at radius 2 is 2.18 bits per heavy atom. The quantitative estimate of drug-likeness (QED) is 0.945. The van der Waals surface area contributed by atoms with E-state index in [1.165, 1.54) is 0 Å². The Bertz CT molecular complexity index is 524. The fourth-order valence-corrected chi connectivity index (χ4v) is 1.64. The number of halogens is 1. The lowest BCUT2D eigenvalue weighted by Crippen LogP contribution is -1.99. The van der Waals surface area contributed by atoms with Gasteiger partial charge in [-0.2, -0.15) is 5.10 Å². The van der Waals surface area contributed by atoms with Gasteiger partial charge in [-0.05, 0) is 35.8 Å². The second kappa shape index (κ2) is 4.75. The van der Waals surface area contributed by atoms with Gasteiger partial charge in [-0.15, -0.1) is 0 Å². The zero-order chi connectivity index (χ0) is 12.4. The lowest BCUT2D eigenvalue weighted by atomic mass is 10.4. The molecule has 0 saturated heterocycles. The number of pyridine rings is 1. The predicted molar refractivity (Wildman–Crippen MR) is 69.0 cm³/mol. The Kier molecular flexibility index (Phi) is 3.33. The second-order valence-corrected chi connectivity index (χ2v) is 4.82. The number of nitrogens with two attached hydrogens (primary N) is 1. The van der Waals surface area contributed by atoms with Crippen molar-refractivity contribution in [3.8, 4) is 11.6 Å². The van der Waals surface area contributed by atoms with Crippen molar-refractivity contribution in [3.63, 3.8) is 0 Å². The standard InChI is InChI=1S/C11H13BrN4O/c1-7(2)16-6-9(5-15-16)17-11-10(13)3-8(12)4-14-11/h3-7H,13H2,1-2H3. The van der Waals surface area contributed by atoms with E-state index < -0.39 is 0 Å². The van der Waals surface area contributed by atoms with Crippen LogP contribution in [0, 0.1) is 0 Å². The summed E-state index contributed by atoms with van der Waals surface area (Å²) in [6.07, 6.45) is 5.09. The highest BCUT2D eigenvalue weighted by molar-refractivity contribution is 9.10. The topological polar surface area (TPSA) is 66.0 Å². The second-order valence-electron chi connectivity index (χ2n) is 3.90. The molecule has 0 fully saturated rings. The lowest BCUT2D eigenvalue weighted by Gasteiger charge is -2.05. The summed E-state index contributed by atoms with van der Waals surface area (Å²) in [5.74, 6) is 1.01. The minimum Gasteiger partial charge on any atom is -0.434 e. The van der Waals surface area contributed by atoms with Crippen LogP contribution in [0.4, 0.5) is 5.69 Å². The summed E-state index contributed by atoms with van der Waals surface area (Å²) < 4.78 is 8.18. The van der Waals surface area contributed by atoms with Crippen LogP contribution in [0.25, 0.3) is 0 Å². The van der Waals surface area contributed by atoms with E-state index in [2.05, 4.69) is 26.0 Å². The summed E-state index contributed by atoms with van der Waals surface area (Å²) in [6, 6.07) is 2.04. The molecule has 6 heteroatoms. The zero-order valence-electron chi connectivity index (χ0n) is 9.59. The first kappa shape index (κ1) is 11.9. The Hall–Kier alpha value is -1.56. The lowest BCUT2D eigenvalue weighted by molar-refractivity contribution is 0.461. The van der Waals surface area contributed by atoms with Crippen LogP contribution >= 0.6 is 15.9 Å². The first-order valence-electron chi connectivity index (χ1n) is 5.19. The largest absolute Gasteiger partial charge is 0.434 e. The monoisotopic (exact) mass is 296 g/mol. The van der Waals surface area contributed by atoms with Crippen molar-refractivity contribution in [2.75, 3.05) is 5.73 Å². The van der Waals surface area contributed by atoms with E-state index >= 15 is 0 Å². The minimum absolute atomic E-state index is 0.294. The first-order chi connectivity index (χ1) is 8.06. The third kappa shape index (κ3) is 2.76. The molecular weight excluding hydrogens is 284 g/mol. The van der Waals surface area contributed by atoms with Gasteiger partial charge in [0.25, 0.3) is 0 Å². The molecule has 0 aliphatic carbocycles. The van der Waals surface area contributed by atoms with Gasteiger partial charge in [0.15, 0.2) is 5.75 Å². The Morgan fingerprint density at radius 3 is 2.76 bits per heavy atom. The predicted octanol–water partition coefficient (Wildman–Crippen LogP) is 3.00. The fraction of sp³-hybridized carbons (Fsp3) is 0.273. The van der Waals surface area contributed by atoms with Crippen molar-refractivity contribution < 1.29 is 4.74 Å². The maximum Gasteiger partial charge on any atom is 0.242 e. The minimum atomic E-state index is 0.294. The highest BCUT2D eigenvalue weighted by atomic mass is 79.9. The van der Waals surface area contributed by atoms with E-state index in [0.29, 0.717) is 23.4 Å². The molecule has 0 atom stereocenters. The van der Waals surface area contributed by atoms with E-state index in [9.17, 15) is 0 Å². The van der Waals surface area contributed by atoms with Crippen LogP contribution in [0.15, 0.2) is 29.1 Å². The van der Waals surface area contributed by atoms with E-state index in [1.807, 2.05) is 24.7 Å². The van der Waals surface area contributed by atoms with Crippen LogP contribution in [-0.2, 0) is 0 Å². The number of hydrogen-bond donors (Lipinski definition) is 1. The van der Waals surface area contributed by atoms with Gasteiger partial charge < -0.3 is 10.5 Å². The molecule has 0 unspecified atom stereocenters. The SMILES string of the molecule is CC(C)n1cc(Oc2ncc(Br)cc2N)cn1. The normalized spacial score (nSPS) is 10.8. The molecule has 0 saturated carbocycles. The van der Waals surface area contributed by atoms with E-state index in [0.717, 1.165) is 4.47 Å². The highest BCUT2D eigenvalue weighted by Crippen LogP contribution is 2.27. The summed E-state index contributed by atoms with van der Waals surface area (Å²) >= 11 is 3.29. The van der Waals surface area contributed by atoms with Gasteiger partial charge in [-0.3, -0.25) is 4.68 Å². The molecule has 0 bridgehead atoms. The van der Waals surface area contributed by atoms with E-state index in [-0.39, 0.29) is 0 Å². The first-order valence-corrected chi connectivity index (χ1v) is 5.98. The van der Waals surface area contributed by atoms with Gasteiger partial charge in [-0.25, -0.2) is 4.98 Å². The molecule has 2 N–H and O–H groups in total. The van der Waals surface area contributed by atoms with Crippen LogP contribution in [0.3, 0.4) is 0 Å². The average molecular weight is 297 g/mol. The molecule has 5 nitrogen and oxygen atoms in total. The molecular formula is C11H13BrN4O. The van der Waals surface area contributed by atoms with Crippen LogP contribution in [-0.4, -0.2) is 14.8 Å². The molecule has 2 heterocycles. The molecule has 2 rings (SSSR count). The molecule has 2 aromatic heterocycles. The van der Waals surface area contributed by atoms with Crippen LogP contribution in [0.2, 0.25) is 0 Å². The summed E-state index contributed by atoms with van der Waals surface area (Å²) in [5, 5.41) is 4.17. The summed E-state index contributed by atoms with van der Waals surface area (Å²) in [4.78, 5) is 4.10. The maximum atomic E-state index is 5.79. The van der Waals surface area contributed by atoms with E-state index in [4.69, 9.17) is 10.5 Å². The van der Waals surface area contributed by atoms with Gasteiger partial charge >= 0.3 is 0 Å². The Labute approximate surface area is 108 Å². The Morgan fingerprint density at radius 1 is 1.41 bits per heavy atom. The molecule has 2 aromatic rings. The van der Waals surface area contributed by atoms with Crippen LogP contribution in [0.1, 0.15) is 19.9 Å². The molecule has 0 aromatic carbocycles. The molecule has 0 amide bonds. The fourth-order valence-electron chi connectivity index (χ4n) is 1.30. The number of ether oxygens (including phenoxy) is 1. The third-order valence-electron chi connectivity index (χ3n) is 2.17. The third-order valence-corrected chi connectivity index (χ3v) is 2.60. The number of anilines is 1. The smallest absolute Gasteiger partial charge is 0.242 e. The van der Waals surface area contributed by atoms with Crippen molar-refractivity contribution in [2.24, 2.45) is 0 Å². The van der Waals surface area contributed by atoms with Crippen molar-refractivity contribution in [1.29, 1.82) is 0 Å². The van der Waals surface area contributed by atoms with Crippen molar-refractivity contribution in [3.05, 3.63) is 29.1 Å². The van der Waals surface area contributed by atoms with Gasteiger partial charge in [0.1, 0.15) is 0 Å². The van der Waals surface area contributed by atoms with Crippen molar-refractivity contribution >= 4 is 21.6 Å².